The maximum atomic E-state index is 12.3. The molecule has 0 saturated heterocycles. The van der Waals surface area contributed by atoms with Crippen molar-refractivity contribution < 1.29 is 18.3 Å². The van der Waals surface area contributed by atoms with Gasteiger partial charge in [-0.3, -0.25) is 0 Å². The van der Waals surface area contributed by atoms with Gasteiger partial charge < -0.3 is 15.6 Å². The number of hydrogen-bond donors (Lipinski definition) is 2. The number of nitrogen functional groups attached to an aromatic ring is 1. The first-order valence-electron chi connectivity index (χ1n) is 5.70. The Morgan fingerprint density at radius 1 is 1.42 bits per heavy atom. The number of sulfonamides is 1. The van der Waals surface area contributed by atoms with Crippen molar-refractivity contribution in [2.75, 3.05) is 26.4 Å². The monoisotopic (exact) mass is 288 g/mol. The number of ether oxygens (including phenoxy) is 1. The Morgan fingerprint density at radius 3 is 2.42 bits per heavy atom. The number of methoxy groups -OCH3 is 1. The number of rotatable bonds is 5. The van der Waals surface area contributed by atoms with Gasteiger partial charge in [0.2, 0.25) is 10.0 Å². The maximum absolute atomic E-state index is 12.3. The average Bonchev–Trinajstić information content (AvgIpc) is 2.26. The van der Waals surface area contributed by atoms with E-state index in [0.29, 0.717) is 5.75 Å². The van der Waals surface area contributed by atoms with Crippen LogP contribution >= 0.6 is 0 Å². The highest BCUT2D eigenvalue weighted by Crippen LogP contribution is 2.26. The van der Waals surface area contributed by atoms with Gasteiger partial charge in [-0.1, -0.05) is 0 Å². The number of nitrogens with two attached hydrogens (primary N) is 1. The molecule has 19 heavy (non-hydrogen) atoms. The van der Waals surface area contributed by atoms with Gasteiger partial charge in [0.15, 0.2) is 0 Å². The van der Waals surface area contributed by atoms with Gasteiger partial charge in [-0.25, -0.2) is 8.42 Å². The Labute approximate surface area is 113 Å². The van der Waals surface area contributed by atoms with Crippen molar-refractivity contribution in [1.82, 2.24) is 4.31 Å². The minimum Gasteiger partial charge on any atom is -0.495 e. The lowest BCUT2D eigenvalue weighted by Gasteiger charge is -2.25. The van der Waals surface area contributed by atoms with Crippen LogP contribution in [0.4, 0.5) is 5.69 Å². The van der Waals surface area contributed by atoms with Crippen molar-refractivity contribution in [2.24, 2.45) is 0 Å². The van der Waals surface area contributed by atoms with Crippen molar-refractivity contribution in [2.45, 2.75) is 24.3 Å². The molecular formula is C12H20N2O4S. The summed E-state index contributed by atoms with van der Waals surface area (Å²) < 4.78 is 30.6. The number of hydrogen-bond acceptors (Lipinski definition) is 5. The van der Waals surface area contributed by atoms with E-state index in [1.165, 1.54) is 32.4 Å². The van der Waals surface area contributed by atoms with E-state index in [1.54, 1.807) is 13.8 Å². The molecule has 0 amide bonds. The molecule has 0 aliphatic heterocycles. The average molecular weight is 288 g/mol. The Kier molecular flexibility index (Phi) is 4.44. The summed E-state index contributed by atoms with van der Waals surface area (Å²) >= 11 is 0. The normalized spacial score (nSPS) is 12.7. The molecule has 0 unspecified atom stereocenters. The second kappa shape index (κ2) is 5.36. The SMILES string of the molecule is COc1ccc(S(=O)(=O)N(C)CC(C)(C)O)cc1N. The molecule has 0 atom stereocenters. The van der Waals surface area contributed by atoms with Crippen molar-refractivity contribution in [3.8, 4) is 5.75 Å². The number of anilines is 1. The van der Waals surface area contributed by atoms with Crippen LogP contribution in [-0.2, 0) is 10.0 Å². The quantitative estimate of drug-likeness (QED) is 0.777. The molecule has 7 heteroatoms. The molecule has 0 aliphatic carbocycles. The molecule has 3 N–H and O–H groups in total. The fourth-order valence-electron chi connectivity index (χ4n) is 1.68. The zero-order chi connectivity index (χ0) is 14.8. The van der Waals surface area contributed by atoms with E-state index >= 15 is 0 Å². The fourth-order valence-corrected chi connectivity index (χ4v) is 3.04. The van der Waals surface area contributed by atoms with Crippen molar-refractivity contribution in [1.29, 1.82) is 0 Å². The molecule has 108 valence electrons. The predicted molar refractivity (Wildman–Crippen MR) is 73.5 cm³/mol. The van der Waals surface area contributed by atoms with Crippen LogP contribution in [0.25, 0.3) is 0 Å². The summed E-state index contributed by atoms with van der Waals surface area (Å²) in [5.41, 5.74) is 4.84. The van der Waals surface area contributed by atoms with Crippen LogP contribution < -0.4 is 10.5 Å². The van der Waals surface area contributed by atoms with Crippen LogP contribution in [0.15, 0.2) is 23.1 Å². The van der Waals surface area contributed by atoms with E-state index in [1.807, 2.05) is 0 Å². The van der Waals surface area contributed by atoms with Crippen LogP contribution in [-0.4, -0.2) is 44.1 Å². The van der Waals surface area contributed by atoms with Gasteiger partial charge in [-0.15, -0.1) is 0 Å². The molecule has 1 rings (SSSR count). The first kappa shape index (κ1) is 15.7. The van der Waals surface area contributed by atoms with Crippen molar-refractivity contribution in [3.05, 3.63) is 18.2 Å². The van der Waals surface area contributed by atoms with Gasteiger partial charge in [0.25, 0.3) is 0 Å². The molecule has 0 aliphatic rings. The van der Waals surface area contributed by atoms with Gasteiger partial charge in [-0.2, -0.15) is 4.31 Å². The van der Waals surface area contributed by atoms with Crippen LogP contribution in [0.5, 0.6) is 5.75 Å². The van der Waals surface area contributed by atoms with Gasteiger partial charge in [0.05, 0.1) is 23.3 Å². The molecule has 0 aromatic heterocycles. The fraction of sp³-hybridized carbons (Fsp3) is 0.500. The topological polar surface area (TPSA) is 92.9 Å². The number of benzene rings is 1. The third-order valence-electron chi connectivity index (χ3n) is 2.52. The summed E-state index contributed by atoms with van der Waals surface area (Å²) in [5, 5.41) is 9.68. The van der Waals surface area contributed by atoms with Gasteiger partial charge in [0.1, 0.15) is 5.75 Å². The minimum atomic E-state index is -3.68. The van der Waals surface area contributed by atoms with Gasteiger partial charge >= 0.3 is 0 Å². The Balaban J connectivity index is 3.10. The highest BCUT2D eigenvalue weighted by atomic mass is 32.2. The summed E-state index contributed by atoms with van der Waals surface area (Å²) in [6.45, 7) is 3.07. The highest BCUT2D eigenvalue weighted by Gasteiger charge is 2.26. The van der Waals surface area contributed by atoms with Crippen LogP contribution in [0.1, 0.15) is 13.8 Å². The molecule has 1 aromatic carbocycles. The summed E-state index contributed by atoms with van der Waals surface area (Å²) in [6, 6.07) is 4.26. The van der Waals surface area contributed by atoms with E-state index in [-0.39, 0.29) is 17.1 Å². The maximum Gasteiger partial charge on any atom is 0.242 e. The van der Waals surface area contributed by atoms with Crippen molar-refractivity contribution in [3.63, 3.8) is 0 Å². The lowest BCUT2D eigenvalue weighted by molar-refractivity contribution is 0.0640. The summed E-state index contributed by atoms with van der Waals surface area (Å²) in [6.07, 6.45) is 0. The number of aliphatic hydroxyl groups is 1. The van der Waals surface area contributed by atoms with E-state index < -0.39 is 15.6 Å². The zero-order valence-electron chi connectivity index (χ0n) is 11.5. The second-order valence-electron chi connectivity index (χ2n) is 4.98. The third kappa shape index (κ3) is 3.82. The molecule has 6 nitrogen and oxygen atoms in total. The predicted octanol–water partition coefficient (Wildman–Crippen LogP) is 0.669. The third-order valence-corrected chi connectivity index (χ3v) is 4.32. The molecular weight excluding hydrogens is 268 g/mol. The summed E-state index contributed by atoms with van der Waals surface area (Å²) in [4.78, 5) is 0.0672. The summed E-state index contributed by atoms with van der Waals surface area (Å²) in [5.74, 6) is 0.420. The van der Waals surface area contributed by atoms with E-state index in [9.17, 15) is 13.5 Å². The first-order chi connectivity index (χ1) is 8.58. The Hall–Kier alpha value is -1.31. The molecule has 0 spiro atoms. The first-order valence-corrected chi connectivity index (χ1v) is 7.14. The van der Waals surface area contributed by atoms with Crippen LogP contribution in [0.2, 0.25) is 0 Å². The molecule has 0 heterocycles. The lowest BCUT2D eigenvalue weighted by Crippen LogP contribution is -2.39. The van der Waals surface area contributed by atoms with Gasteiger partial charge in [-0.05, 0) is 32.0 Å². The highest BCUT2D eigenvalue weighted by molar-refractivity contribution is 7.89. The smallest absolute Gasteiger partial charge is 0.242 e. The van der Waals surface area contributed by atoms with Crippen LogP contribution in [0.3, 0.4) is 0 Å². The zero-order valence-corrected chi connectivity index (χ0v) is 12.4. The van der Waals surface area contributed by atoms with E-state index in [4.69, 9.17) is 10.5 Å². The van der Waals surface area contributed by atoms with Crippen molar-refractivity contribution >= 4 is 15.7 Å². The number of nitrogens with zero attached hydrogens (tertiary/aromatic N) is 1. The Morgan fingerprint density at radius 2 is 2.00 bits per heavy atom. The standard InChI is InChI=1S/C12H20N2O4S/c1-12(2,15)8-14(3)19(16,17)9-5-6-11(18-4)10(13)7-9/h5-7,15H,8,13H2,1-4H3. The largest absolute Gasteiger partial charge is 0.495 e. The Bertz CT molecular complexity index is 549. The second-order valence-corrected chi connectivity index (χ2v) is 7.02. The minimum absolute atomic E-state index is 0.0126. The summed E-state index contributed by atoms with van der Waals surface area (Å²) in [7, 11) is -0.813. The molecule has 0 bridgehead atoms. The number of likely N-dealkylation sites (N-methyl/N-ethyl adjacent to an activating group) is 1. The van der Waals surface area contributed by atoms with E-state index in [2.05, 4.69) is 0 Å². The molecule has 0 radical (unpaired) electrons. The van der Waals surface area contributed by atoms with E-state index in [0.717, 1.165) is 4.31 Å². The molecule has 0 fully saturated rings. The lowest BCUT2D eigenvalue weighted by atomic mass is 10.1. The van der Waals surface area contributed by atoms with Gasteiger partial charge in [0, 0.05) is 13.6 Å². The van der Waals surface area contributed by atoms with Crippen LogP contribution in [0, 0.1) is 0 Å². The molecule has 1 aromatic rings. The molecule has 0 saturated carbocycles.